The first-order valence-electron chi connectivity index (χ1n) is 6.32. The molecule has 0 aromatic carbocycles. The number of nitrogens with one attached hydrogen (secondary N) is 1. The first kappa shape index (κ1) is 14.0. The van der Waals surface area contributed by atoms with Crippen LogP contribution in [0.3, 0.4) is 0 Å². The van der Waals surface area contributed by atoms with Crippen molar-refractivity contribution in [1.82, 2.24) is 4.98 Å². The van der Waals surface area contributed by atoms with Crippen molar-refractivity contribution >= 4 is 5.69 Å². The molecule has 1 heterocycles. The summed E-state index contributed by atoms with van der Waals surface area (Å²) < 4.78 is 43.0. The monoisotopic (exact) mass is 274 g/mol. The molecular formula is C13H17F3N2O. The fourth-order valence-electron chi connectivity index (χ4n) is 2.44. The van der Waals surface area contributed by atoms with Crippen LogP contribution in [0.15, 0.2) is 18.3 Å². The molecule has 0 bridgehead atoms. The predicted molar refractivity (Wildman–Crippen MR) is 66.2 cm³/mol. The van der Waals surface area contributed by atoms with E-state index >= 15 is 0 Å². The maximum atomic E-state index is 12.7. The summed E-state index contributed by atoms with van der Waals surface area (Å²) in [4.78, 5) is 4.02. The quantitative estimate of drug-likeness (QED) is 0.914. The lowest BCUT2D eigenvalue weighted by atomic mass is 9.85. The lowest BCUT2D eigenvalue weighted by Gasteiger charge is -2.31. The molecule has 0 spiro atoms. The van der Waals surface area contributed by atoms with Crippen LogP contribution in [0.25, 0.3) is 0 Å². The summed E-state index contributed by atoms with van der Waals surface area (Å²) in [5.74, 6) is -0.702. The topological polar surface area (TPSA) is 34.1 Å². The number of hydrogen-bond acceptors (Lipinski definition) is 3. The van der Waals surface area contributed by atoms with E-state index in [1.54, 1.807) is 18.3 Å². The Morgan fingerprint density at radius 1 is 1.32 bits per heavy atom. The minimum Gasteiger partial charge on any atom is -0.481 e. The van der Waals surface area contributed by atoms with Crippen LogP contribution in [-0.4, -0.2) is 24.3 Å². The normalized spacial score (nSPS) is 24.0. The van der Waals surface area contributed by atoms with E-state index in [1.165, 1.54) is 7.11 Å². The second-order valence-electron chi connectivity index (χ2n) is 4.84. The maximum Gasteiger partial charge on any atom is 0.391 e. The largest absolute Gasteiger partial charge is 0.481 e. The Bertz CT molecular complexity index is 405. The van der Waals surface area contributed by atoms with E-state index in [4.69, 9.17) is 4.74 Å². The first-order chi connectivity index (χ1) is 8.99. The van der Waals surface area contributed by atoms with Gasteiger partial charge >= 0.3 is 6.18 Å². The average molecular weight is 274 g/mol. The highest BCUT2D eigenvalue weighted by molar-refractivity contribution is 5.43. The highest BCUT2D eigenvalue weighted by Crippen LogP contribution is 2.38. The molecular weight excluding hydrogens is 257 g/mol. The molecule has 2 unspecified atom stereocenters. The van der Waals surface area contributed by atoms with E-state index in [0.717, 1.165) is 12.1 Å². The van der Waals surface area contributed by atoms with Gasteiger partial charge in [-0.3, -0.25) is 0 Å². The van der Waals surface area contributed by atoms with Crippen molar-refractivity contribution in [2.75, 3.05) is 12.4 Å². The van der Waals surface area contributed by atoms with Crippen molar-refractivity contribution in [3.8, 4) is 5.88 Å². The van der Waals surface area contributed by atoms with Gasteiger partial charge in [0.25, 0.3) is 0 Å². The zero-order valence-corrected chi connectivity index (χ0v) is 10.7. The lowest BCUT2D eigenvalue weighted by Crippen LogP contribution is -2.34. The fraction of sp³-hybridized carbons (Fsp3) is 0.615. The molecule has 1 aromatic rings. The fourth-order valence-corrected chi connectivity index (χ4v) is 2.44. The third kappa shape index (κ3) is 3.75. The average Bonchev–Trinajstić information content (AvgIpc) is 2.39. The second kappa shape index (κ2) is 5.67. The van der Waals surface area contributed by atoms with Gasteiger partial charge in [-0.15, -0.1) is 0 Å². The van der Waals surface area contributed by atoms with Crippen molar-refractivity contribution in [1.29, 1.82) is 0 Å². The Morgan fingerprint density at radius 2 is 2.11 bits per heavy atom. The molecule has 3 nitrogen and oxygen atoms in total. The Hall–Kier alpha value is -1.46. The number of hydrogen-bond donors (Lipinski definition) is 1. The molecule has 1 aliphatic carbocycles. The van der Waals surface area contributed by atoms with Gasteiger partial charge in [-0.05, 0) is 25.3 Å². The molecule has 1 aromatic heterocycles. The van der Waals surface area contributed by atoms with Gasteiger partial charge in [0.05, 0.1) is 24.9 Å². The number of ether oxygens (including phenoxy) is 1. The van der Waals surface area contributed by atoms with Gasteiger partial charge in [-0.1, -0.05) is 6.42 Å². The highest BCUT2D eigenvalue weighted by Gasteiger charge is 2.42. The molecule has 1 aliphatic rings. The SMILES string of the molecule is COc1ccc(NC2CCCC(C(F)(F)F)C2)cn1. The van der Waals surface area contributed by atoms with Gasteiger partial charge in [-0.25, -0.2) is 4.98 Å². The maximum absolute atomic E-state index is 12.7. The van der Waals surface area contributed by atoms with Crippen LogP contribution in [0.4, 0.5) is 18.9 Å². The van der Waals surface area contributed by atoms with E-state index in [2.05, 4.69) is 10.3 Å². The number of aromatic nitrogens is 1. The van der Waals surface area contributed by atoms with E-state index in [1.807, 2.05) is 0 Å². The summed E-state index contributed by atoms with van der Waals surface area (Å²) >= 11 is 0. The summed E-state index contributed by atoms with van der Waals surface area (Å²) in [5.41, 5.74) is 0.730. The van der Waals surface area contributed by atoms with Crippen LogP contribution < -0.4 is 10.1 Å². The van der Waals surface area contributed by atoms with Crippen LogP contribution in [0, 0.1) is 5.92 Å². The molecule has 106 valence electrons. The van der Waals surface area contributed by atoms with Crippen molar-refractivity contribution in [3.63, 3.8) is 0 Å². The number of methoxy groups -OCH3 is 1. The van der Waals surface area contributed by atoms with Gasteiger partial charge in [0.2, 0.25) is 5.88 Å². The van der Waals surface area contributed by atoms with E-state index in [-0.39, 0.29) is 18.9 Å². The summed E-state index contributed by atoms with van der Waals surface area (Å²) in [7, 11) is 1.52. The Kier molecular flexibility index (Phi) is 4.17. The standard InChI is InChI=1S/C13H17F3N2O/c1-19-12-6-5-11(8-17-12)18-10-4-2-3-9(7-10)13(14,15)16/h5-6,8-10,18H,2-4,7H2,1H3. The highest BCUT2D eigenvalue weighted by atomic mass is 19.4. The van der Waals surface area contributed by atoms with Crippen LogP contribution in [0.5, 0.6) is 5.88 Å². The zero-order chi connectivity index (χ0) is 13.9. The van der Waals surface area contributed by atoms with Crippen LogP contribution in [0.2, 0.25) is 0 Å². The Morgan fingerprint density at radius 3 is 2.68 bits per heavy atom. The molecule has 0 amide bonds. The van der Waals surface area contributed by atoms with E-state index in [9.17, 15) is 13.2 Å². The molecule has 6 heteroatoms. The molecule has 19 heavy (non-hydrogen) atoms. The number of rotatable bonds is 3. The van der Waals surface area contributed by atoms with Crippen LogP contribution in [-0.2, 0) is 0 Å². The minimum atomic E-state index is -4.08. The first-order valence-corrected chi connectivity index (χ1v) is 6.32. The summed E-state index contributed by atoms with van der Waals surface area (Å²) in [6.45, 7) is 0. The van der Waals surface area contributed by atoms with Crippen molar-refractivity contribution < 1.29 is 17.9 Å². The van der Waals surface area contributed by atoms with Crippen molar-refractivity contribution in [2.45, 2.75) is 37.9 Å². The van der Waals surface area contributed by atoms with Gasteiger partial charge in [0.15, 0.2) is 0 Å². The number of halogens is 3. The summed E-state index contributed by atoms with van der Waals surface area (Å²) in [6, 6.07) is 3.31. The molecule has 2 atom stereocenters. The summed E-state index contributed by atoms with van der Waals surface area (Å²) in [5, 5.41) is 3.12. The Balaban J connectivity index is 1.94. The third-order valence-corrected chi connectivity index (χ3v) is 3.45. The minimum absolute atomic E-state index is 0.134. The van der Waals surface area contributed by atoms with Crippen LogP contribution >= 0.6 is 0 Å². The second-order valence-corrected chi connectivity index (χ2v) is 4.84. The molecule has 0 saturated heterocycles. The van der Waals surface area contributed by atoms with E-state index < -0.39 is 12.1 Å². The number of alkyl halides is 3. The zero-order valence-electron chi connectivity index (χ0n) is 10.7. The molecule has 1 fully saturated rings. The van der Waals surface area contributed by atoms with Crippen LogP contribution in [0.1, 0.15) is 25.7 Å². The Labute approximate surface area is 110 Å². The number of pyridine rings is 1. The van der Waals surface area contributed by atoms with Gasteiger partial charge in [-0.2, -0.15) is 13.2 Å². The van der Waals surface area contributed by atoms with Gasteiger partial charge in [0.1, 0.15) is 0 Å². The molecule has 0 radical (unpaired) electrons. The lowest BCUT2D eigenvalue weighted by molar-refractivity contribution is -0.182. The molecule has 1 saturated carbocycles. The number of anilines is 1. The van der Waals surface area contributed by atoms with Gasteiger partial charge < -0.3 is 10.1 Å². The molecule has 0 aliphatic heterocycles. The van der Waals surface area contributed by atoms with E-state index in [0.29, 0.717) is 12.3 Å². The smallest absolute Gasteiger partial charge is 0.391 e. The molecule has 2 rings (SSSR count). The summed E-state index contributed by atoms with van der Waals surface area (Å²) in [6.07, 6.45) is -0.767. The number of nitrogens with zero attached hydrogens (tertiary/aromatic N) is 1. The molecule has 1 N–H and O–H groups in total. The van der Waals surface area contributed by atoms with Gasteiger partial charge in [0, 0.05) is 12.1 Å². The van der Waals surface area contributed by atoms with Crippen molar-refractivity contribution in [2.24, 2.45) is 5.92 Å². The van der Waals surface area contributed by atoms with Crippen molar-refractivity contribution in [3.05, 3.63) is 18.3 Å². The predicted octanol–water partition coefficient (Wildman–Crippen LogP) is 3.62. The third-order valence-electron chi connectivity index (χ3n) is 3.45.